The van der Waals surface area contributed by atoms with Gasteiger partial charge in [-0.05, 0) is 61.5 Å². The Hall–Kier alpha value is -3.88. The van der Waals surface area contributed by atoms with Crippen LogP contribution in [0.15, 0.2) is 64.3 Å². The first-order chi connectivity index (χ1) is 22.1. The number of piperidine rings is 1. The van der Waals surface area contributed by atoms with Crippen LogP contribution in [-0.2, 0) is 0 Å². The SMILES string of the molecule is CC(C)c1nc(N2CCC(COc3cnc(N4CCC(N)C4)nc3)CC2)no1.Cc1ccc(SO)cc1.Fc1ccc(F)c(F)c1. The average Bonchev–Trinajstić information content (AvgIpc) is 3.74. The Balaban J connectivity index is 0.000000216. The third-order valence-electron chi connectivity index (χ3n) is 7.44. The van der Waals surface area contributed by atoms with Gasteiger partial charge in [-0.25, -0.2) is 23.1 Å². The minimum absolute atomic E-state index is 0.217. The highest BCUT2D eigenvalue weighted by atomic mass is 32.2. The van der Waals surface area contributed by atoms with Crippen molar-refractivity contribution in [3.63, 3.8) is 0 Å². The Labute approximate surface area is 271 Å². The van der Waals surface area contributed by atoms with Gasteiger partial charge in [0, 0.05) is 61.1 Å². The van der Waals surface area contributed by atoms with E-state index in [1.54, 1.807) is 12.4 Å². The predicted molar refractivity (Wildman–Crippen MR) is 172 cm³/mol. The summed E-state index contributed by atoms with van der Waals surface area (Å²) in [5, 5.41) is 4.11. The molecular weight excluding hydrogens is 619 g/mol. The Morgan fingerprint density at radius 2 is 1.63 bits per heavy atom. The lowest BCUT2D eigenvalue weighted by Crippen LogP contribution is -2.36. The molecule has 0 amide bonds. The molecule has 2 aliphatic rings. The molecule has 14 heteroatoms. The van der Waals surface area contributed by atoms with Gasteiger partial charge in [-0.3, -0.25) is 0 Å². The number of hydrogen-bond donors (Lipinski definition) is 2. The normalized spacial score (nSPS) is 16.5. The Morgan fingerprint density at radius 1 is 0.957 bits per heavy atom. The first-order valence-electron chi connectivity index (χ1n) is 15.1. The van der Waals surface area contributed by atoms with Crippen LogP contribution in [0.5, 0.6) is 5.75 Å². The van der Waals surface area contributed by atoms with E-state index in [2.05, 4.69) is 43.8 Å². The monoisotopic (exact) mass is 659 g/mol. The molecule has 1 atom stereocenters. The fourth-order valence-electron chi connectivity index (χ4n) is 4.69. The van der Waals surface area contributed by atoms with E-state index >= 15 is 0 Å². The summed E-state index contributed by atoms with van der Waals surface area (Å²) >= 11 is 0.777. The van der Waals surface area contributed by atoms with Crippen LogP contribution in [0.1, 0.15) is 50.5 Å². The molecule has 10 nitrogen and oxygen atoms in total. The first kappa shape index (κ1) is 35.0. The fraction of sp³-hybridized carbons (Fsp3) is 0.438. The van der Waals surface area contributed by atoms with E-state index in [1.165, 1.54) is 5.56 Å². The molecule has 0 saturated carbocycles. The van der Waals surface area contributed by atoms with Crippen LogP contribution in [0, 0.1) is 30.3 Å². The van der Waals surface area contributed by atoms with E-state index < -0.39 is 17.5 Å². The lowest BCUT2D eigenvalue weighted by atomic mass is 9.98. The number of nitrogens with zero attached hydrogens (tertiary/aromatic N) is 6. The standard InChI is InChI=1S/C19H29N7O2.C7H8OS.C6H3F3/c1-13(2)17-23-19(24-28-17)25-6-3-14(4-7-25)12-27-16-9-21-18(22-10-16)26-8-5-15(20)11-26;1-6-2-4-7(9-8)5-3-6;7-4-1-2-5(8)6(9)3-4/h9-10,13-15H,3-8,11-12,20H2,1-2H3;2-5,8H,1H3;1-3H. The minimum atomic E-state index is -1.16. The van der Waals surface area contributed by atoms with Crippen molar-refractivity contribution in [1.82, 2.24) is 20.1 Å². The lowest BCUT2D eigenvalue weighted by molar-refractivity contribution is 0.221. The van der Waals surface area contributed by atoms with Crippen molar-refractivity contribution >= 4 is 23.9 Å². The van der Waals surface area contributed by atoms with Gasteiger partial charge in [0.1, 0.15) is 5.82 Å². The van der Waals surface area contributed by atoms with Crippen molar-refractivity contribution in [2.75, 3.05) is 42.6 Å². The Kier molecular flexibility index (Phi) is 13.0. The van der Waals surface area contributed by atoms with Gasteiger partial charge < -0.3 is 29.3 Å². The highest BCUT2D eigenvalue weighted by Gasteiger charge is 2.24. The van der Waals surface area contributed by atoms with E-state index in [0.29, 0.717) is 30.4 Å². The molecule has 0 radical (unpaired) electrons. The second-order valence-corrected chi connectivity index (χ2v) is 12.2. The number of aryl methyl sites for hydroxylation is 1. The van der Waals surface area contributed by atoms with Crippen LogP contribution in [0.2, 0.25) is 0 Å². The Bertz CT molecular complexity index is 1490. The molecule has 0 aliphatic carbocycles. The molecule has 3 N–H and O–H groups in total. The van der Waals surface area contributed by atoms with Crippen LogP contribution in [0.3, 0.4) is 0 Å². The number of benzene rings is 2. The zero-order valence-corrected chi connectivity index (χ0v) is 27.0. The van der Waals surface area contributed by atoms with E-state index in [1.807, 2.05) is 31.2 Å². The highest BCUT2D eigenvalue weighted by Crippen LogP contribution is 2.24. The second kappa shape index (κ2) is 17.2. The molecule has 4 aromatic rings. The summed E-state index contributed by atoms with van der Waals surface area (Å²) in [5.41, 5.74) is 7.16. The largest absolute Gasteiger partial charge is 0.490 e. The maximum absolute atomic E-state index is 12.0. The van der Waals surface area contributed by atoms with Gasteiger partial charge in [0.25, 0.3) is 5.95 Å². The number of ether oxygens (including phenoxy) is 1. The van der Waals surface area contributed by atoms with Gasteiger partial charge in [-0.2, -0.15) is 4.98 Å². The third kappa shape index (κ3) is 10.6. The molecule has 2 fully saturated rings. The molecule has 6 rings (SSSR count). The smallest absolute Gasteiger partial charge is 0.266 e. The van der Waals surface area contributed by atoms with E-state index in [-0.39, 0.29) is 12.0 Å². The van der Waals surface area contributed by atoms with Gasteiger partial charge in [-0.1, -0.05) is 31.5 Å². The number of aromatic nitrogens is 4. The van der Waals surface area contributed by atoms with Crippen molar-refractivity contribution in [1.29, 1.82) is 0 Å². The summed E-state index contributed by atoms with van der Waals surface area (Å²) in [6.07, 6.45) is 6.58. The van der Waals surface area contributed by atoms with Gasteiger partial charge in [0.2, 0.25) is 11.8 Å². The summed E-state index contributed by atoms with van der Waals surface area (Å²) in [6.45, 7) is 10.4. The molecule has 2 aliphatic heterocycles. The number of hydrogen-bond acceptors (Lipinski definition) is 11. The van der Waals surface area contributed by atoms with Gasteiger partial charge in [0.05, 0.1) is 19.0 Å². The number of nitrogens with two attached hydrogens (primary N) is 1. The van der Waals surface area contributed by atoms with Crippen molar-refractivity contribution in [2.45, 2.75) is 56.9 Å². The van der Waals surface area contributed by atoms with E-state index in [9.17, 15) is 13.2 Å². The van der Waals surface area contributed by atoms with Crippen LogP contribution in [0.4, 0.5) is 25.1 Å². The fourth-order valence-corrected chi connectivity index (χ4v) is 4.95. The van der Waals surface area contributed by atoms with Crippen molar-refractivity contribution in [3.8, 4) is 5.75 Å². The molecule has 46 heavy (non-hydrogen) atoms. The molecular formula is C32H40F3N7O3S. The molecule has 2 aromatic heterocycles. The van der Waals surface area contributed by atoms with Gasteiger partial charge in [0.15, 0.2) is 17.4 Å². The summed E-state index contributed by atoms with van der Waals surface area (Å²) in [7, 11) is 0. The van der Waals surface area contributed by atoms with Gasteiger partial charge >= 0.3 is 0 Å². The Morgan fingerprint density at radius 3 is 2.17 bits per heavy atom. The highest BCUT2D eigenvalue weighted by molar-refractivity contribution is 7.93. The second-order valence-electron chi connectivity index (χ2n) is 11.5. The van der Waals surface area contributed by atoms with Crippen molar-refractivity contribution in [2.24, 2.45) is 11.7 Å². The molecule has 1 unspecified atom stereocenters. The summed E-state index contributed by atoms with van der Waals surface area (Å²) in [4.78, 5) is 18.5. The number of anilines is 2. The number of halogens is 3. The van der Waals surface area contributed by atoms with E-state index in [4.69, 9.17) is 19.5 Å². The predicted octanol–water partition coefficient (Wildman–Crippen LogP) is 6.48. The maximum Gasteiger partial charge on any atom is 0.266 e. The maximum atomic E-state index is 12.0. The van der Waals surface area contributed by atoms with E-state index in [0.717, 1.165) is 86.2 Å². The summed E-state index contributed by atoms with van der Waals surface area (Å²) in [6, 6.07) is 10.0. The summed E-state index contributed by atoms with van der Waals surface area (Å²) < 4.78 is 55.6. The third-order valence-corrected chi connectivity index (χ3v) is 7.92. The molecule has 4 heterocycles. The molecule has 248 valence electrons. The molecule has 2 aromatic carbocycles. The zero-order chi connectivity index (χ0) is 33.1. The van der Waals surface area contributed by atoms with Crippen LogP contribution >= 0.6 is 12.0 Å². The number of rotatable bonds is 7. The average molecular weight is 660 g/mol. The zero-order valence-electron chi connectivity index (χ0n) is 26.2. The quantitative estimate of drug-likeness (QED) is 0.167. The van der Waals surface area contributed by atoms with Crippen molar-refractivity contribution < 1.29 is 27.0 Å². The van der Waals surface area contributed by atoms with Crippen LogP contribution < -0.4 is 20.3 Å². The molecule has 0 bridgehead atoms. The van der Waals surface area contributed by atoms with Crippen LogP contribution in [0.25, 0.3) is 0 Å². The minimum Gasteiger partial charge on any atom is -0.490 e. The van der Waals surface area contributed by atoms with Gasteiger partial charge in [-0.15, -0.1) is 0 Å². The first-order valence-corrected chi connectivity index (χ1v) is 15.9. The van der Waals surface area contributed by atoms with Crippen molar-refractivity contribution in [3.05, 3.63) is 83.8 Å². The molecule has 0 spiro atoms. The molecule has 2 saturated heterocycles. The van der Waals surface area contributed by atoms with Crippen LogP contribution in [-0.4, -0.2) is 63.5 Å². The summed E-state index contributed by atoms with van der Waals surface area (Å²) in [5.74, 6) is 0.643. The topological polar surface area (TPSA) is 127 Å². The lowest BCUT2D eigenvalue weighted by Gasteiger charge is -2.30.